The lowest BCUT2D eigenvalue weighted by Gasteiger charge is -2.31. The Morgan fingerprint density at radius 2 is 1.96 bits per heavy atom. The smallest absolute Gasteiger partial charge is 0.231 e. The molecule has 0 aromatic heterocycles. The quantitative estimate of drug-likeness (QED) is 0.826. The first-order chi connectivity index (χ1) is 13.7. The van der Waals surface area contributed by atoms with Gasteiger partial charge in [-0.3, -0.25) is 9.69 Å². The molecule has 1 amide bonds. The Balaban J connectivity index is 1.28. The van der Waals surface area contributed by atoms with E-state index in [4.69, 9.17) is 14.2 Å². The highest BCUT2D eigenvalue weighted by Crippen LogP contribution is 2.34. The van der Waals surface area contributed by atoms with Crippen LogP contribution in [0.4, 0.5) is 5.69 Å². The molecule has 0 aliphatic carbocycles. The fraction of sp³-hybridized carbons (Fsp3) is 0.409. The Morgan fingerprint density at radius 1 is 1.14 bits per heavy atom. The van der Waals surface area contributed by atoms with Crippen LogP contribution in [0.5, 0.6) is 17.2 Å². The van der Waals surface area contributed by atoms with Gasteiger partial charge in [0.2, 0.25) is 12.7 Å². The van der Waals surface area contributed by atoms with Crippen LogP contribution in [0.3, 0.4) is 0 Å². The Morgan fingerprint density at radius 3 is 2.79 bits per heavy atom. The molecule has 1 fully saturated rings. The number of nitrogens with zero attached hydrogens (tertiary/aromatic N) is 1. The van der Waals surface area contributed by atoms with Crippen LogP contribution >= 0.6 is 0 Å². The second-order valence-corrected chi connectivity index (χ2v) is 7.19. The zero-order chi connectivity index (χ0) is 19.3. The van der Waals surface area contributed by atoms with E-state index in [1.165, 1.54) is 5.56 Å². The molecule has 1 saturated heterocycles. The van der Waals surface area contributed by atoms with Gasteiger partial charge in [-0.15, -0.1) is 0 Å². The topological polar surface area (TPSA) is 60.0 Å². The van der Waals surface area contributed by atoms with E-state index in [-0.39, 0.29) is 18.6 Å². The third kappa shape index (κ3) is 4.39. The first-order valence-corrected chi connectivity index (χ1v) is 9.86. The van der Waals surface area contributed by atoms with Gasteiger partial charge in [-0.2, -0.15) is 0 Å². The number of anilines is 1. The van der Waals surface area contributed by atoms with Gasteiger partial charge in [0.05, 0.1) is 6.61 Å². The second-order valence-electron chi connectivity index (χ2n) is 7.19. The number of fused-ring (bicyclic) bond motifs is 1. The number of piperidine rings is 1. The lowest BCUT2D eigenvalue weighted by molar-refractivity contribution is -0.121. The molecule has 2 aromatic carbocycles. The molecule has 2 heterocycles. The number of benzene rings is 2. The summed E-state index contributed by atoms with van der Waals surface area (Å²) >= 11 is 0. The Bertz CT molecular complexity index is 831. The van der Waals surface area contributed by atoms with E-state index in [0.29, 0.717) is 12.4 Å². The van der Waals surface area contributed by atoms with Crippen molar-refractivity contribution in [3.8, 4) is 17.2 Å². The molecule has 6 heteroatoms. The van der Waals surface area contributed by atoms with Crippen LogP contribution in [-0.4, -0.2) is 37.3 Å². The lowest BCUT2D eigenvalue weighted by atomic mass is 9.95. The number of hydrogen-bond donors (Lipinski definition) is 1. The number of carbonyl (C=O) groups excluding carboxylic acids is 1. The summed E-state index contributed by atoms with van der Waals surface area (Å²) in [5, 5.41) is 3.02. The van der Waals surface area contributed by atoms with Crippen LogP contribution in [0.2, 0.25) is 0 Å². The van der Waals surface area contributed by atoms with Crippen molar-refractivity contribution in [3.05, 3.63) is 48.0 Å². The molecule has 4 rings (SSSR count). The van der Waals surface area contributed by atoms with Crippen molar-refractivity contribution >= 4 is 11.6 Å². The number of hydrogen-bond acceptors (Lipinski definition) is 5. The van der Waals surface area contributed by atoms with Crippen molar-refractivity contribution in [2.45, 2.75) is 26.3 Å². The molecule has 2 aliphatic rings. The van der Waals surface area contributed by atoms with Crippen molar-refractivity contribution < 1.29 is 19.0 Å². The molecular formula is C22H26N2O4. The zero-order valence-corrected chi connectivity index (χ0v) is 16.1. The standard InChI is InChI=1S/C22H26N2O4/c1-2-26-19-5-3-4-16(12-19)14-24-10-8-17(9-11-24)22(25)23-18-6-7-20-21(13-18)28-15-27-20/h3-7,12-13,17H,2,8-11,14-15H2,1H3,(H,23,25). The summed E-state index contributed by atoms with van der Waals surface area (Å²) in [7, 11) is 0. The largest absolute Gasteiger partial charge is 0.494 e. The number of nitrogens with one attached hydrogen (secondary N) is 1. The van der Waals surface area contributed by atoms with Gasteiger partial charge in [0, 0.05) is 24.2 Å². The fourth-order valence-electron chi connectivity index (χ4n) is 3.73. The SMILES string of the molecule is CCOc1cccc(CN2CCC(C(=O)Nc3ccc4c(c3)OCO4)CC2)c1. The first kappa shape index (κ1) is 18.6. The predicted octanol–water partition coefficient (Wildman–Crippen LogP) is 3.66. The van der Waals surface area contributed by atoms with E-state index in [0.717, 1.165) is 49.7 Å². The van der Waals surface area contributed by atoms with E-state index in [9.17, 15) is 4.79 Å². The third-order valence-corrected chi connectivity index (χ3v) is 5.21. The number of likely N-dealkylation sites (tertiary alicyclic amines) is 1. The maximum atomic E-state index is 12.6. The average molecular weight is 382 g/mol. The van der Waals surface area contributed by atoms with Crippen molar-refractivity contribution in [1.29, 1.82) is 0 Å². The van der Waals surface area contributed by atoms with Gasteiger partial charge in [-0.25, -0.2) is 0 Å². The molecule has 0 atom stereocenters. The van der Waals surface area contributed by atoms with E-state index < -0.39 is 0 Å². The van der Waals surface area contributed by atoms with Gasteiger partial charge >= 0.3 is 0 Å². The highest BCUT2D eigenvalue weighted by atomic mass is 16.7. The minimum absolute atomic E-state index is 0.0384. The number of rotatable bonds is 6. The van der Waals surface area contributed by atoms with E-state index in [1.807, 2.05) is 37.3 Å². The molecule has 0 radical (unpaired) electrons. The van der Waals surface area contributed by atoms with Crippen LogP contribution < -0.4 is 19.5 Å². The average Bonchev–Trinajstić information content (AvgIpc) is 3.17. The summed E-state index contributed by atoms with van der Waals surface area (Å²) < 4.78 is 16.3. The summed E-state index contributed by atoms with van der Waals surface area (Å²) in [6.07, 6.45) is 1.73. The van der Waals surface area contributed by atoms with Crippen LogP contribution in [0.25, 0.3) is 0 Å². The van der Waals surface area contributed by atoms with Gasteiger partial charge in [-0.05, 0) is 62.7 Å². The number of ether oxygens (including phenoxy) is 3. The van der Waals surface area contributed by atoms with Gasteiger partial charge < -0.3 is 19.5 Å². The Kier molecular flexibility index (Phi) is 5.67. The first-order valence-electron chi connectivity index (χ1n) is 9.86. The molecular weight excluding hydrogens is 356 g/mol. The van der Waals surface area contributed by atoms with Crippen molar-refractivity contribution in [1.82, 2.24) is 4.90 Å². The van der Waals surface area contributed by atoms with E-state index in [1.54, 1.807) is 0 Å². The Hall–Kier alpha value is -2.73. The highest BCUT2D eigenvalue weighted by Gasteiger charge is 2.25. The molecule has 0 unspecified atom stereocenters. The monoisotopic (exact) mass is 382 g/mol. The number of carbonyl (C=O) groups is 1. The van der Waals surface area contributed by atoms with Gasteiger partial charge in [0.15, 0.2) is 11.5 Å². The maximum Gasteiger partial charge on any atom is 0.231 e. The maximum absolute atomic E-state index is 12.6. The summed E-state index contributed by atoms with van der Waals surface area (Å²) in [5.41, 5.74) is 2.00. The highest BCUT2D eigenvalue weighted by molar-refractivity contribution is 5.93. The zero-order valence-electron chi connectivity index (χ0n) is 16.1. The Labute approximate surface area is 165 Å². The molecule has 28 heavy (non-hydrogen) atoms. The summed E-state index contributed by atoms with van der Waals surface area (Å²) in [6, 6.07) is 13.7. The molecule has 0 bridgehead atoms. The van der Waals surface area contributed by atoms with E-state index in [2.05, 4.69) is 22.3 Å². The predicted molar refractivity (Wildman–Crippen MR) is 107 cm³/mol. The fourth-order valence-corrected chi connectivity index (χ4v) is 3.73. The van der Waals surface area contributed by atoms with Crippen molar-refractivity contribution in [2.24, 2.45) is 5.92 Å². The minimum Gasteiger partial charge on any atom is -0.494 e. The summed E-state index contributed by atoms with van der Waals surface area (Å²) in [4.78, 5) is 15.0. The molecule has 6 nitrogen and oxygen atoms in total. The third-order valence-electron chi connectivity index (χ3n) is 5.21. The van der Waals surface area contributed by atoms with Crippen LogP contribution in [-0.2, 0) is 11.3 Å². The minimum atomic E-state index is 0.0384. The van der Waals surface area contributed by atoms with Crippen molar-refractivity contribution in [3.63, 3.8) is 0 Å². The lowest BCUT2D eigenvalue weighted by Crippen LogP contribution is -2.37. The van der Waals surface area contributed by atoms with Crippen LogP contribution in [0.1, 0.15) is 25.3 Å². The number of amides is 1. The molecule has 148 valence electrons. The molecule has 0 saturated carbocycles. The van der Waals surface area contributed by atoms with Gasteiger partial charge in [-0.1, -0.05) is 12.1 Å². The van der Waals surface area contributed by atoms with Gasteiger partial charge in [0.25, 0.3) is 0 Å². The molecule has 0 spiro atoms. The summed E-state index contributed by atoms with van der Waals surface area (Å²) in [5.74, 6) is 2.44. The van der Waals surface area contributed by atoms with Crippen LogP contribution in [0, 0.1) is 5.92 Å². The molecule has 2 aromatic rings. The molecule has 1 N–H and O–H groups in total. The summed E-state index contributed by atoms with van der Waals surface area (Å²) in [6.45, 7) is 5.62. The normalized spacial score (nSPS) is 16.8. The van der Waals surface area contributed by atoms with Crippen LogP contribution in [0.15, 0.2) is 42.5 Å². The molecule has 2 aliphatic heterocycles. The second kappa shape index (κ2) is 8.52. The van der Waals surface area contributed by atoms with E-state index >= 15 is 0 Å². The van der Waals surface area contributed by atoms with Crippen molar-refractivity contribution in [2.75, 3.05) is 31.8 Å². The van der Waals surface area contributed by atoms with Gasteiger partial charge in [0.1, 0.15) is 5.75 Å².